The molecule has 2 aromatic rings. The van der Waals surface area contributed by atoms with Crippen molar-refractivity contribution in [3.05, 3.63) is 35.4 Å². The monoisotopic (exact) mass is 435 g/mol. The molecule has 2 aliphatic heterocycles. The molecule has 2 bridgehead atoms. The normalized spacial score (nSPS) is 33.5. The number of H-pyrrole nitrogens is 1. The van der Waals surface area contributed by atoms with Crippen LogP contribution in [0.25, 0.3) is 11.0 Å². The first-order chi connectivity index (χ1) is 15.4. The Kier molecular flexibility index (Phi) is 4.35. The first-order valence-corrected chi connectivity index (χ1v) is 11.7. The highest BCUT2D eigenvalue weighted by Crippen LogP contribution is 2.51. The van der Waals surface area contributed by atoms with Crippen molar-refractivity contribution in [3.8, 4) is 0 Å². The van der Waals surface area contributed by atoms with E-state index in [1.54, 1.807) is 6.07 Å². The molecule has 1 aromatic heterocycles. The zero-order chi connectivity index (χ0) is 22.0. The van der Waals surface area contributed by atoms with E-state index in [1.807, 2.05) is 21.9 Å². The van der Waals surface area contributed by atoms with E-state index in [0.717, 1.165) is 24.8 Å². The van der Waals surface area contributed by atoms with Crippen molar-refractivity contribution in [2.24, 2.45) is 23.7 Å². The molecule has 3 heterocycles. The lowest BCUT2D eigenvalue weighted by molar-refractivity contribution is -0.00726. The standard InChI is InChI=1S/C24H29N5O3/c1-14-3-4-16-7-15(2)24(14,9-16)32-23(31)29-12-18-10-28(11-19(18)13-29)22(30)17-5-6-20-21(8-17)26-27-25-20/h3,5-6,8,15-16,18-19H,4,7,9-13H2,1-2H3,(H,25,26,27)/t15?,16?,18-,19+,24?. The van der Waals surface area contributed by atoms with Crippen LogP contribution in [0.3, 0.4) is 0 Å². The highest BCUT2D eigenvalue weighted by atomic mass is 16.6. The SMILES string of the molecule is CC1=CCC2CC(C)C1(OC(=O)N1C[C@@H]3CN(C(=O)c4ccc5[nH]nnc5c4)C[C@@H]3C1)C2. The fraction of sp³-hybridized carbons (Fsp3) is 0.583. The van der Waals surface area contributed by atoms with Crippen molar-refractivity contribution in [1.29, 1.82) is 0 Å². The molecule has 3 fully saturated rings. The molecule has 1 saturated carbocycles. The second-order valence-corrected chi connectivity index (χ2v) is 10.3. The van der Waals surface area contributed by atoms with E-state index in [2.05, 4.69) is 35.3 Å². The average Bonchev–Trinajstić information content (AvgIpc) is 3.52. The Balaban J connectivity index is 1.10. The molecule has 3 unspecified atom stereocenters. The number of likely N-dealkylation sites (tertiary alicyclic amines) is 2. The number of hydrogen-bond acceptors (Lipinski definition) is 5. The molecule has 1 aromatic carbocycles. The van der Waals surface area contributed by atoms with E-state index < -0.39 is 5.60 Å². The number of fused-ring (bicyclic) bond motifs is 4. The van der Waals surface area contributed by atoms with Crippen LogP contribution in [0.2, 0.25) is 0 Å². The van der Waals surface area contributed by atoms with Crippen LogP contribution in [0, 0.1) is 23.7 Å². The number of aromatic amines is 1. The summed E-state index contributed by atoms with van der Waals surface area (Å²) < 4.78 is 6.24. The lowest BCUT2D eigenvalue weighted by atomic mass is 9.82. The minimum absolute atomic E-state index is 0.0195. The number of nitrogens with one attached hydrogen (secondary N) is 1. The topological polar surface area (TPSA) is 91.4 Å². The molecule has 0 spiro atoms. The van der Waals surface area contributed by atoms with Gasteiger partial charge in [0.05, 0.1) is 5.52 Å². The molecule has 1 N–H and O–H groups in total. The summed E-state index contributed by atoms with van der Waals surface area (Å²) in [4.78, 5) is 30.0. The number of amides is 2. The molecule has 5 atom stereocenters. The summed E-state index contributed by atoms with van der Waals surface area (Å²) >= 11 is 0. The van der Waals surface area contributed by atoms with Gasteiger partial charge in [-0.2, -0.15) is 0 Å². The van der Waals surface area contributed by atoms with Gasteiger partial charge in [0.2, 0.25) is 0 Å². The van der Waals surface area contributed by atoms with E-state index in [4.69, 9.17) is 4.74 Å². The van der Waals surface area contributed by atoms with Crippen molar-refractivity contribution < 1.29 is 14.3 Å². The minimum Gasteiger partial charge on any atom is -0.438 e. The van der Waals surface area contributed by atoms with Crippen molar-refractivity contribution >= 4 is 23.0 Å². The van der Waals surface area contributed by atoms with Gasteiger partial charge in [0.25, 0.3) is 5.91 Å². The van der Waals surface area contributed by atoms with Gasteiger partial charge in [-0.15, -0.1) is 5.10 Å². The number of carbonyl (C=O) groups excluding carboxylic acids is 2. The van der Waals surface area contributed by atoms with Crippen LogP contribution in [0.1, 0.15) is 43.5 Å². The third-order valence-electron chi connectivity index (χ3n) is 8.37. The molecule has 8 heteroatoms. The third kappa shape index (κ3) is 2.95. The van der Waals surface area contributed by atoms with Crippen molar-refractivity contribution in [3.63, 3.8) is 0 Å². The number of allylic oxidation sites excluding steroid dienone is 1. The molecule has 2 amide bonds. The van der Waals surface area contributed by atoms with E-state index in [1.165, 1.54) is 5.57 Å². The highest BCUT2D eigenvalue weighted by Gasteiger charge is 2.52. The van der Waals surface area contributed by atoms with E-state index >= 15 is 0 Å². The van der Waals surface area contributed by atoms with Crippen molar-refractivity contribution in [2.45, 2.75) is 38.7 Å². The molecular formula is C24H29N5O3. The quantitative estimate of drug-likeness (QED) is 0.732. The fourth-order valence-electron chi connectivity index (χ4n) is 6.56. The maximum atomic E-state index is 13.1. The number of rotatable bonds is 2. The van der Waals surface area contributed by atoms with Crippen LogP contribution in [0.15, 0.2) is 29.8 Å². The predicted octanol–water partition coefficient (Wildman–Crippen LogP) is 3.23. The zero-order valence-electron chi connectivity index (χ0n) is 18.6. The molecular weight excluding hydrogens is 406 g/mol. The largest absolute Gasteiger partial charge is 0.438 e. The summed E-state index contributed by atoms with van der Waals surface area (Å²) in [5, 5.41) is 10.6. The summed E-state index contributed by atoms with van der Waals surface area (Å²) in [5.41, 5.74) is 2.94. The molecule has 4 aliphatic rings. The summed E-state index contributed by atoms with van der Waals surface area (Å²) in [7, 11) is 0. The number of benzene rings is 1. The zero-order valence-corrected chi connectivity index (χ0v) is 18.6. The number of hydrogen-bond donors (Lipinski definition) is 1. The maximum absolute atomic E-state index is 13.1. The molecule has 168 valence electrons. The molecule has 6 rings (SSSR count). The van der Waals surface area contributed by atoms with E-state index in [0.29, 0.717) is 60.9 Å². The van der Waals surface area contributed by atoms with Gasteiger partial charge in [0.1, 0.15) is 11.1 Å². The van der Waals surface area contributed by atoms with E-state index in [-0.39, 0.29) is 12.0 Å². The smallest absolute Gasteiger partial charge is 0.410 e. The van der Waals surface area contributed by atoms with Gasteiger partial charge >= 0.3 is 6.09 Å². The van der Waals surface area contributed by atoms with Gasteiger partial charge in [0.15, 0.2) is 0 Å². The maximum Gasteiger partial charge on any atom is 0.410 e. The minimum atomic E-state index is -0.417. The molecule has 2 aliphatic carbocycles. The van der Waals surface area contributed by atoms with Crippen LogP contribution in [-0.4, -0.2) is 69.0 Å². The fourth-order valence-corrected chi connectivity index (χ4v) is 6.56. The number of nitrogens with zero attached hydrogens (tertiary/aromatic N) is 4. The first kappa shape index (κ1) is 19.8. The van der Waals surface area contributed by atoms with Crippen LogP contribution in [0.4, 0.5) is 4.79 Å². The summed E-state index contributed by atoms with van der Waals surface area (Å²) in [6.07, 6.45) is 5.28. The van der Waals surface area contributed by atoms with Gasteiger partial charge in [0, 0.05) is 49.5 Å². The van der Waals surface area contributed by atoms with Crippen LogP contribution in [-0.2, 0) is 4.74 Å². The van der Waals surface area contributed by atoms with E-state index in [9.17, 15) is 9.59 Å². The Labute approximate surface area is 187 Å². The second kappa shape index (κ2) is 7.05. The average molecular weight is 436 g/mol. The van der Waals surface area contributed by atoms with Crippen LogP contribution < -0.4 is 0 Å². The first-order valence-electron chi connectivity index (χ1n) is 11.7. The molecule has 0 radical (unpaired) electrons. The number of aromatic nitrogens is 3. The Morgan fingerprint density at radius 2 is 1.91 bits per heavy atom. The highest BCUT2D eigenvalue weighted by molar-refractivity contribution is 5.97. The van der Waals surface area contributed by atoms with Gasteiger partial charge in [-0.1, -0.05) is 18.2 Å². The number of carbonyl (C=O) groups is 2. The van der Waals surface area contributed by atoms with Crippen LogP contribution in [0.5, 0.6) is 0 Å². The predicted molar refractivity (Wildman–Crippen MR) is 118 cm³/mol. The van der Waals surface area contributed by atoms with Gasteiger partial charge < -0.3 is 14.5 Å². The van der Waals surface area contributed by atoms with Crippen molar-refractivity contribution in [1.82, 2.24) is 25.2 Å². The number of ether oxygens (including phenoxy) is 1. The van der Waals surface area contributed by atoms with Gasteiger partial charge in [-0.05, 0) is 55.9 Å². The molecule has 32 heavy (non-hydrogen) atoms. The Bertz CT molecular complexity index is 1110. The third-order valence-corrected chi connectivity index (χ3v) is 8.37. The Hall–Kier alpha value is -2.90. The second-order valence-electron chi connectivity index (χ2n) is 10.3. The Morgan fingerprint density at radius 1 is 1.16 bits per heavy atom. The lowest BCUT2D eigenvalue weighted by Crippen LogP contribution is -2.45. The summed E-state index contributed by atoms with van der Waals surface area (Å²) in [6.45, 7) is 7.00. The summed E-state index contributed by atoms with van der Waals surface area (Å²) in [6, 6.07) is 5.44. The van der Waals surface area contributed by atoms with Gasteiger partial charge in [-0.3, -0.25) is 9.89 Å². The van der Waals surface area contributed by atoms with Crippen molar-refractivity contribution in [2.75, 3.05) is 26.2 Å². The lowest BCUT2D eigenvalue weighted by Gasteiger charge is -2.37. The van der Waals surface area contributed by atoms with Gasteiger partial charge in [-0.25, -0.2) is 4.79 Å². The Morgan fingerprint density at radius 3 is 2.69 bits per heavy atom. The summed E-state index contributed by atoms with van der Waals surface area (Å²) in [5.74, 6) is 1.63. The van der Waals surface area contributed by atoms with Crippen LogP contribution >= 0.6 is 0 Å². The molecule has 2 saturated heterocycles. The molecule has 8 nitrogen and oxygen atoms in total.